The second-order valence-corrected chi connectivity index (χ2v) is 9.17. The van der Waals surface area contributed by atoms with Crippen molar-refractivity contribution in [2.45, 2.75) is 24.3 Å². The molecule has 3 aromatic rings. The summed E-state index contributed by atoms with van der Waals surface area (Å²) in [6.45, 7) is 2.46. The van der Waals surface area contributed by atoms with Crippen LogP contribution < -0.4 is 0 Å². The van der Waals surface area contributed by atoms with Crippen LogP contribution in [0.2, 0.25) is 5.02 Å². The van der Waals surface area contributed by atoms with Gasteiger partial charge in [0.25, 0.3) is 0 Å². The highest BCUT2D eigenvalue weighted by molar-refractivity contribution is 7.89. The number of fused-ring (bicyclic) bond motifs is 1. The van der Waals surface area contributed by atoms with Crippen LogP contribution in [-0.2, 0) is 23.6 Å². The van der Waals surface area contributed by atoms with E-state index in [9.17, 15) is 8.42 Å². The lowest BCUT2D eigenvalue weighted by Gasteiger charge is -2.34. The Kier molecular flexibility index (Phi) is 4.58. The fourth-order valence-electron chi connectivity index (χ4n) is 3.67. The molecule has 0 amide bonds. The third-order valence-electron chi connectivity index (χ3n) is 5.13. The molecule has 1 aliphatic heterocycles. The third kappa shape index (κ3) is 3.18. The molecule has 0 N–H and O–H groups in total. The molecule has 0 bridgehead atoms. The Morgan fingerprint density at radius 1 is 1.15 bits per heavy atom. The van der Waals surface area contributed by atoms with Gasteiger partial charge >= 0.3 is 0 Å². The van der Waals surface area contributed by atoms with Gasteiger partial charge in [-0.15, -0.1) is 0 Å². The van der Waals surface area contributed by atoms with Gasteiger partial charge in [-0.1, -0.05) is 41.9 Å². The molecule has 1 aromatic heterocycles. The Morgan fingerprint density at radius 3 is 2.67 bits per heavy atom. The minimum atomic E-state index is -3.67. The smallest absolute Gasteiger partial charge is 0.243 e. The average Bonchev–Trinajstić information content (AvgIpc) is 3.09. The number of aromatic nitrogens is 2. The Morgan fingerprint density at radius 2 is 1.93 bits per heavy atom. The summed E-state index contributed by atoms with van der Waals surface area (Å²) >= 11 is 6.17. The van der Waals surface area contributed by atoms with Crippen molar-refractivity contribution >= 4 is 21.6 Å². The number of halogens is 1. The SMILES string of the molecule is Cc1c(Cl)cccc1S(=O)(=O)N1Cc2ccccc2[C@H](c2cnn(C)c2)C1. The molecule has 140 valence electrons. The van der Waals surface area contributed by atoms with Crippen molar-refractivity contribution in [3.05, 3.63) is 82.1 Å². The molecule has 0 saturated carbocycles. The monoisotopic (exact) mass is 401 g/mol. The number of hydrogen-bond acceptors (Lipinski definition) is 3. The summed E-state index contributed by atoms with van der Waals surface area (Å²) in [7, 11) is -1.81. The highest BCUT2D eigenvalue weighted by atomic mass is 35.5. The van der Waals surface area contributed by atoms with Crippen molar-refractivity contribution in [2.75, 3.05) is 6.54 Å². The summed E-state index contributed by atoms with van der Waals surface area (Å²) in [5.74, 6) is -0.0575. The molecule has 0 aliphatic carbocycles. The number of nitrogens with zero attached hydrogens (tertiary/aromatic N) is 3. The Bertz CT molecular complexity index is 1110. The number of aryl methyl sites for hydroxylation is 1. The highest BCUT2D eigenvalue weighted by Gasteiger charge is 2.35. The molecule has 27 heavy (non-hydrogen) atoms. The maximum absolute atomic E-state index is 13.4. The predicted molar refractivity (Wildman–Crippen MR) is 105 cm³/mol. The van der Waals surface area contributed by atoms with Crippen molar-refractivity contribution in [2.24, 2.45) is 7.05 Å². The average molecular weight is 402 g/mol. The summed E-state index contributed by atoms with van der Waals surface area (Å²) in [6.07, 6.45) is 3.75. The number of benzene rings is 2. The molecule has 1 atom stereocenters. The van der Waals surface area contributed by atoms with Crippen LogP contribution in [0, 0.1) is 6.92 Å². The van der Waals surface area contributed by atoms with Gasteiger partial charge in [0.05, 0.1) is 11.1 Å². The number of sulfonamides is 1. The fourth-order valence-corrected chi connectivity index (χ4v) is 5.58. The standard InChI is InChI=1S/C20H20ClN3O2S/c1-14-19(21)8-5-9-20(14)27(25,26)24-12-15-6-3-4-7-17(15)18(13-24)16-10-22-23(2)11-16/h3-11,18H,12-13H2,1-2H3/t18-/m0/s1. The minimum absolute atomic E-state index is 0.0575. The molecule has 0 spiro atoms. The number of rotatable bonds is 3. The Hall–Kier alpha value is -2.15. The molecule has 4 rings (SSSR count). The van der Waals surface area contributed by atoms with Gasteiger partial charge in [-0.2, -0.15) is 9.40 Å². The van der Waals surface area contributed by atoms with E-state index >= 15 is 0 Å². The first-order chi connectivity index (χ1) is 12.9. The quantitative estimate of drug-likeness (QED) is 0.672. The first-order valence-electron chi connectivity index (χ1n) is 8.69. The second kappa shape index (κ2) is 6.78. The highest BCUT2D eigenvalue weighted by Crippen LogP contribution is 2.36. The molecule has 1 aliphatic rings. The van der Waals surface area contributed by atoms with Crippen LogP contribution >= 0.6 is 11.6 Å². The molecular formula is C20H20ClN3O2S. The summed E-state index contributed by atoms with van der Waals surface area (Å²) in [5.41, 5.74) is 3.75. The van der Waals surface area contributed by atoms with E-state index < -0.39 is 10.0 Å². The molecule has 2 heterocycles. The minimum Gasteiger partial charge on any atom is -0.276 e. The first kappa shape index (κ1) is 18.2. The maximum Gasteiger partial charge on any atom is 0.243 e. The maximum atomic E-state index is 13.4. The van der Waals surface area contributed by atoms with Gasteiger partial charge in [-0.25, -0.2) is 8.42 Å². The van der Waals surface area contributed by atoms with Crippen molar-refractivity contribution in [1.29, 1.82) is 0 Å². The van der Waals surface area contributed by atoms with Gasteiger partial charge in [0, 0.05) is 37.3 Å². The lowest BCUT2D eigenvalue weighted by Crippen LogP contribution is -2.38. The van der Waals surface area contributed by atoms with Crippen LogP contribution in [-0.4, -0.2) is 29.0 Å². The van der Waals surface area contributed by atoms with Gasteiger partial charge in [0.1, 0.15) is 0 Å². The van der Waals surface area contributed by atoms with Gasteiger partial charge in [0.15, 0.2) is 0 Å². The predicted octanol–water partition coefficient (Wildman–Crippen LogP) is 3.72. The van der Waals surface area contributed by atoms with Crippen molar-refractivity contribution in [1.82, 2.24) is 14.1 Å². The van der Waals surface area contributed by atoms with Crippen LogP contribution in [0.3, 0.4) is 0 Å². The third-order valence-corrected chi connectivity index (χ3v) is 7.49. The van der Waals surface area contributed by atoms with Crippen LogP contribution in [0.5, 0.6) is 0 Å². The Labute approximate surface area is 164 Å². The van der Waals surface area contributed by atoms with Crippen LogP contribution in [0.15, 0.2) is 59.8 Å². The van der Waals surface area contributed by atoms with Crippen molar-refractivity contribution in [3.63, 3.8) is 0 Å². The van der Waals surface area contributed by atoms with E-state index in [1.54, 1.807) is 34.1 Å². The summed E-state index contributed by atoms with van der Waals surface area (Å²) in [5, 5.41) is 4.72. The van der Waals surface area contributed by atoms with Gasteiger partial charge < -0.3 is 0 Å². The van der Waals surface area contributed by atoms with Gasteiger partial charge in [-0.3, -0.25) is 4.68 Å². The van der Waals surface area contributed by atoms with E-state index in [4.69, 9.17) is 11.6 Å². The van der Waals surface area contributed by atoms with Crippen molar-refractivity contribution < 1.29 is 8.42 Å². The topological polar surface area (TPSA) is 55.2 Å². The van der Waals surface area contributed by atoms with E-state index in [2.05, 4.69) is 11.2 Å². The summed E-state index contributed by atoms with van der Waals surface area (Å²) in [6, 6.07) is 13.0. The Balaban J connectivity index is 1.80. The number of hydrogen-bond donors (Lipinski definition) is 0. The molecule has 2 aromatic carbocycles. The molecule has 7 heteroatoms. The van der Waals surface area contributed by atoms with E-state index in [-0.39, 0.29) is 10.8 Å². The molecule has 0 radical (unpaired) electrons. The van der Waals surface area contributed by atoms with Gasteiger partial charge in [-0.05, 0) is 41.3 Å². The zero-order valence-corrected chi connectivity index (χ0v) is 16.7. The lowest BCUT2D eigenvalue weighted by atomic mass is 9.87. The normalized spacial score (nSPS) is 17.7. The van der Waals surface area contributed by atoms with Crippen LogP contribution in [0.1, 0.15) is 28.2 Å². The molecule has 0 unspecified atom stereocenters. The molecule has 0 fully saturated rings. The zero-order valence-electron chi connectivity index (χ0n) is 15.1. The first-order valence-corrected chi connectivity index (χ1v) is 10.5. The summed E-state index contributed by atoms with van der Waals surface area (Å²) in [4.78, 5) is 0.263. The second-order valence-electron chi connectivity index (χ2n) is 6.86. The van der Waals surface area contributed by atoms with Crippen molar-refractivity contribution in [3.8, 4) is 0 Å². The van der Waals surface area contributed by atoms with E-state index in [0.717, 1.165) is 16.7 Å². The van der Waals surface area contributed by atoms with E-state index in [0.29, 0.717) is 23.7 Å². The lowest BCUT2D eigenvalue weighted by molar-refractivity contribution is 0.371. The van der Waals surface area contributed by atoms with E-state index in [1.165, 1.54) is 0 Å². The largest absolute Gasteiger partial charge is 0.276 e. The van der Waals surface area contributed by atoms with Crippen LogP contribution in [0.4, 0.5) is 0 Å². The van der Waals surface area contributed by atoms with Gasteiger partial charge in [0.2, 0.25) is 10.0 Å². The summed E-state index contributed by atoms with van der Waals surface area (Å²) < 4.78 is 30.1. The molecule has 0 saturated heterocycles. The molecular weight excluding hydrogens is 382 g/mol. The fraction of sp³-hybridized carbons (Fsp3) is 0.250. The van der Waals surface area contributed by atoms with Crippen LogP contribution in [0.25, 0.3) is 0 Å². The van der Waals surface area contributed by atoms with E-state index in [1.807, 2.05) is 37.6 Å². The molecule has 5 nitrogen and oxygen atoms in total. The zero-order chi connectivity index (χ0) is 19.2.